The Hall–Kier alpha value is -3.54. The van der Waals surface area contributed by atoms with Crippen LogP contribution in [0.4, 0.5) is 5.69 Å². The summed E-state index contributed by atoms with van der Waals surface area (Å²) in [6.07, 6.45) is 3.06. The van der Waals surface area contributed by atoms with Gasteiger partial charge in [0.25, 0.3) is 11.8 Å². The van der Waals surface area contributed by atoms with Gasteiger partial charge in [0.05, 0.1) is 17.9 Å². The third-order valence-corrected chi connectivity index (χ3v) is 4.56. The van der Waals surface area contributed by atoms with Crippen molar-refractivity contribution in [3.63, 3.8) is 0 Å². The quantitative estimate of drug-likeness (QED) is 0.736. The van der Waals surface area contributed by atoms with Gasteiger partial charge in [-0.3, -0.25) is 14.6 Å². The molecule has 0 aliphatic carbocycles. The number of rotatable bonds is 5. The Kier molecular flexibility index (Phi) is 5.79. The first kappa shape index (κ1) is 19.2. The van der Waals surface area contributed by atoms with Gasteiger partial charge in [-0.2, -0.15) is 0 Å². The molecule has 0 fully saturated rings. The number of carbonyl (C=O) groups excluding carboxylic acids is 2. The molecule has 1 heterocycles. The molecule has 1 atom stereocenters. The van der Waals surface area contributed by atoms with E-state index in [1.807, 2.05) is 56.3 Å². The minimum atomic E-state index is -0.210. The summed E-state index contributed by atoms with van der Waals surface area (Å²) in [7, 11) is 1.73. The van der Waals surface area contributed by atoms with Crippen molar-refractivity contribution < 1.29 is 9.59 Å². The topological polar surface area (TPSA) is 75.2 Å². The maximum Gasteiger partial charge on any atom is 0.274 e. The fraction of sp³-hybridized carbons (Fsp3) is 0.182. The molecule has 6 nitrogen and oxygen atoms in total. The van der Waals surface area contributed by atoms with Crippen LogP contribution in [0.2, 0.25) is 0 Å². The highest BCUT2D eigenvalue weighted by molar-refractivity contribution is 6.04. The number of carbonyl (C=O) groups is 2. The van der Waals surface area contributed by atoms with Crippen molar-refractivity contribution in [3.8, 4) is 0 Å². The number of amides is 2. The smallest absolute Gasteiger partial charge is 0.274 e. The summed E-state index contributed by atoms with van der Waals surface area (Å²) in [6, 6.07) is 16.3. The molecule has 1 N–H and O–H groups in total. The molecule has 2 aromatic carbocycles. The van der Waals surface area contributed by atoms with E-state index in [1.54, 1.807) is 30.3 Å². The van der Waals surface area contributed by atoms with Gasteiger partial charge in [0, 0.05) is 24.5 Å². The van der Waals surface area contributed by atoms with Gasteiger partial charge in [0.2, 0.25) is 0 Å². The summed E-state index contributed by atoms with van der Waals surface area (Å²) in [6.45, 7) is 3.75. The first-order chi connectivity index (χ1) is 13.5. The molecule has 0 unspecified atom stereocenters. The highest BCUT2D eigenvalue weighted by Crippen LogP contribution is 2.23. The predicted octanol–water partition coefficient (Wildman–Crippen LogP) is 3.87. The fourth-order valence-corrected chi connectivity index (χ4v) is 2.75. The van der Waals surface area contributed by atoms with Crippen molar-refractivity contribution in [2.75, 3.05) is 12.4 Å². The van der Waals surface area contributed by atoms with Crippen molar-refractivity contribution in [2.45, 2.75) is 19.9 Å². The molecule has 1 aromatic heterocycles. The van der Waals surface area contributed by atoms with E-state index in [4.69, 9.17) is 0 Å². The van der Waals surface area contributed by atoms with Crippen LogP contribution in [-0.4, -0.2) is 33.7 Å². The highest BCUT2D eigenvalue weighted by Gasteiger charge is 2.20. The van der Waals surface area contributed by atoms with E-state index in [9.17, 15) is 9.59 Å². The molecule has 0 saturated carbocycles. The third-order valence-electron chi connectivity index (χ3n) is 4.56. The molecule has 6 heteroatoms. The number of aromatic nitrogens is 2. The largest absolute Gasteiger partial charge is 0.334 e. The van der Waals surface area contributed by atoms with E-state index in [2.05, 4.69) is 15.3 Å². The van der Waals surface area contributed by atoms with Crippen molar-refractivity contribution in [1.29, 1.82) is 0 Å². The summed E-state index contributed by atoms with van der Waals surface area (Å²) in [5.74, 6) is -0.386. The minimum Gasteiger partial charge on any atom is -0.334 e. The van der Waals surface area contributed by atoms with E-state index >= 15 is 0 Å². The zero-order valence-electron chi connectivity index (χ0n) is 16.1. The van der Waals surface area contributed by atoms with Crippen LogP contribution in [0.5, 0.6) is 0 Å². The van der Waals surface area contributed by atoms with E-state index in [1.165, 1.54) is 6.20 Å². The lowest BCUT2D eigenvalue weighted by Crippen LogP contribution is -2.30. The van der Waals surface area contributed by atoms with E-state index < -0.39 is 0 Å². The average Bonchev–Trinajstić information content (AvgIpc) is 2.73. The number of nitrogens with one attached hydrogen (secondary N) is 1. The second kappa shape index (κ2) is 8.43. The summed E-state index contributed by atoms with van der Waals surface area (Å²) in [5.41, 5.74) is 3.23. The Bertz CT molecular complexity index is 971. The highest BCUT2D eigenvalue weighted by atomic mass is 16.2. The van der Waals surface area contributed by atoms with Gasteiger partial charge in [0.1, 0.15) is 5.69 Å². The minimum absolute atomic E-state index is 0.176. The van der Waals surface area contributed by atoms with E-state index in [0.717, 1.165) is 11.3 Å². The van der Waals surface area contributed by atoms with Crippen LogP contribution in [0, 0.1) is 6.92 Å². The van der Waals surface area contributed by atoms with Gasteiger partial charge < -0.3 is 10.2 Å². The Morgan fingerprint density at radius 1 is 1.00 bits per heavy atom. The standard InChI is InChI=1S/C22H22N4O2/c1-15-13-24-20(14-23-15)22(28)26(3)16(2)18-10-7-11-19(12-18)25-21(27)17-8-5-4-6-9-17/h4-14,16H,1-3H3,(H,25,27)/t16-/m0/s1. The van der Waals surface area contributed by atoms with Gasteiger partial charge in [0.15, 0.2) is 0 Å². The Balaban J connectivity index is 1.74. The van der Waals surface area contributed by atoms with Crippen molar-refractivity contribution in [2.24, 2.45) is 0 Å². The van der Waals surface area contributed by atoms with E-state index in [-0.39, 0.29) is 17.9 Å². The molecule has 0 aliphatic heterocycles. The molecular formula is C22H22N4O2. The monoisotopic (exact) mass is 374 g/mol. The van der Waals surface area contributed by atoms with E-state index in [0.29, 0.717) is 16.9 Å². The van der Waals surface area contributed by atoms with Crippen LogP contribution in [0.15, 0.2) is 67.0 Å². The molecule has 28 heavy (non-hydrogen) atoms. The van der Waals surface area contributed by atoms with Gasteiger partial charge in [-0.15, -0.1) is 0 Å². The maximum atomic E-state index is 12.7. The zero-order chi connectivity index (χ0) is 20.1. The lowest BCUT2D eigenvalue weighted by Gasteiger charge is -2.25. The number of hydrogen-bond acceptors (Lipinski definition) is 4. The molecule has 0 spiro atoms. The van der Waals surface area contributed by atoms with Gasteiger partial charge in [-0.25, -0.2) is 4.98 Å². The number of hydrogen-bond donors (Lipinski definition) is 1. The Morgan fingerprint density at radius 2 is 1.75 bits per heavy atom. The average molecular weight is 374 g/mol. The molecule has 0 radical (unpaired) electrons. The summed E-state index contributed by atoms with van der Waals surface area (Å²) >= 11 is 0. The normalized spacial score (nSPS) is 11.5. The van der Waals surface area contributed by atoms with Crippen molar-refractivity contribution >= 4 is 17.5 Å². The molecule has 3 rings (SSSR count). The van der Waals surface area contributed by atoms with Crippen LogP contribution < -0.4 is 5.32 Å². The van der Waals surface area contributed by atoms with Crippen LogP contribution in [0.3, 0.4) is 0 Å². The molecule has 3 aromatic rings. The first-order valence-electron chi connectivity index (χ1n) is 8.98. The summed E-state index contributed by atoms with van der Waals surface area (Å²) < 4.78 is 0. The molecule has 142 valence electrons. The Labute approximate surface area is 164 Å². The van der Waals surface area contributed by atoms with Gasteiger partial charge in [-0.05, 0) is 43.7 Å². The second-order valence-electron chi connectivity index (χ2n) is 6.58. The number of anilines is 1. The van der Waals surface area contributed by atoms with Crippen molar-refractivity contribution in [1.82, 2.24) is 14.9 Å². The Morgan fingerprint density at radius 3 is 2.43 bits per heavy atom. The van der Waals surface area contributed by atoms with Crippen LogP contribution >= 0.6 is 0 Å². The zero-order valence-corrected chi connectivity index (χ0v) is 16.1. The number of benzene rings is 2. The summed E-state index contributed by atoms with van der Waals surface area (Å²) in [5, 5.41) is 2.89. The molecule has 0 saturated heterocycles. The van der Waals surface area contributed by atoms with Crippen molar-refractivity contribution in [3.05, 3.63) is 89.5 Å². The number of aryl methyl sites for hydroxylation is 1. The lowest BCUT2D eigenvalue weighted by atomic mass is 10.1. The third kappa shape index (κ3) is 4.40. The molecular weight excluding hydrogens is 352 g/mol. The molecule has 2 amide bonds. The SMILES string of the molecule is Cc1cnc(C(=O)N(C)[C@@H](C)c2cccc(NC(=O)c3ccccc3)c2)cn1. The predicted molar refractivity (Wildman–Crippen MR) is 108 cm³/mol. The maximum absolute atomic E-state index is 12.7. The lowest BCUT2D eigenvalue weighted by molar-refractivity contribution is 0.0736. The van der Waals surface area contributed by atoms with Gasteiger partial charge in [-0.1, -0.05) is 30.3 Å². The summed E-state index contributed by atoms with van der Waals surface area (Å²) in [4.78, 5) is 34.9. The van der Waals surface area contributed by atoms with Crippen LogP contribution in [-0.2, 0) is 0 Å². The molecule has 0 aliphatic rings. The second-order valence-corrected chi connectivity index (χ2v) is 6.58. The fourth-order valence-electron chi connectivity index (χ4n) is 2.75. The number of nitrogens with zero attached hydrogens (tertiary/aromatic N) is 3. The molecule has 0 bridgehead atoms. The van der Waals surface area contributed by atoms with Gasteiger partial charge >= 0.3 is 0 Å². The van der Waals surface area contributed by atoms with Crippen LogP contribution in [0.1, 0.15) is 45.1 Å². The first-order valence-corrected chi connectivity index (χ1v) is 8.98. The van der Waals surface area contributed by atoms with Crippen LogP contribution in [0.25, 0.3) is 0 Å².